The molecule has 0 aliphatic carbocycles. The lowest BCUT2D eigenvalue weighted by Crippen LogP contribution is -2.40. The van der Waals surface area contributed by atoms with Crippen LogP contribution in [0.15, 0.2) is 59.5 Å². The summed E-state index contributed by atoms with van der Waals surface area (Å²) in [6.07, 6.45) is 6.68. The average Bonchev–Trinajstić information content (AvgIpc) is 3.50. The van der Waals surface area contributed by atoms with Crippen molar-refractivity contribution in [3.63, 3.8) is 0 Å². The minimum atomic E-state index is -3.55. The van der Waals surface area contributed by atoms with Gasteiger partial charge >= 0.3 is 0 Å². The Bertz CT molecular complexity index is 1150. The molecule has 0 aromatic heterocycles. The molecule has 242 valence electrons. The topological polar surface area (TPSA) is 91.3 Å². The van der Waals surface area contributed by atoms with Gasteiger partial charge in [0.05, 0.1) is 53.4 Å². The quantitative estimate of drug-likeness (QED) is 0.231. The molecule has 0 radical (unpaired) electrons. The number of benzene rings is 1. The fourth-order valence-corrected chi connectivity index (χ4v) is 8.80. The van der Waals surface area contributed by atoms with Crippen molar-refractivity contribution in [3.8, 4) is 0 Å². The van der Waals surface area contributed by atoms with E-state index in [0.717, 1.165) is 62.5 Å². The van der Waals surface area contributed by atoms with Crippen LogP contribution in [0.1, 0.15) is 78.6 Å². The van der Waals surface area contributed by atoms with Crippen LogP contribution in [-0.2, 0) is 28.8 Å². The molecular weight excluding hydrogens is 564 g/mol. The second-order valence-electron chi connectivity index (χ2n) is 13.2. The maximum Gasteiger partial charge on any atom is 0.178 e. The van der Waals surface area contributed by atoms with E-state index in [2.05, 4.69) is 33.9 Å². The highest BCUT2D eigenvalue weighted by molar-refractivity contribution is 7.91. The molecule has 1 unspecified atom stereocenters. The second kappa shape index (κ2) is 15.6. The molecule has 0 saturated carbocycles. The number of hydrogen-bond donors (Lipinski definition) is 1. The number of ether oxygens (including phenoxy) is 4. The third kappa shape index (κ3) is 8.80. The van der Waals surface area contributed by atoms with E-state index in [1.54, 1.807) is 31.4 Å². The molecule has 7 nitrogen and oxygen atoms in total. The van der Waals surface area contributed by atoms with Crippen molar-refractivity contribution in [2.45, 2.75) is 126 Å². The average molecular weight is 619 g/mol. The van der Waals surface area contributed by atoms with Crippen LogP contribution in [0.25, 0.3) is 0 Å². The summed E-state index contributed by atoms with van der Waals surface area (Å²) in [5, 5.41) is 9.17. The van der Waals surface area contributed by atoms with E-state index in [1.807, 2.05) is 6.07 Å². The van der Waals surface area contributed by atoms with E-state index in [-0.39, 0.29) is 66.9 Å². The molecule has 1 aromatic carbocycles. The second-order valence-corrected chi connectivity index (χ2v) is 15.2. The molecule has 3 aliphatic heterocycles. The van der Waals surface area contributed by atoms with E-state index in [9.17, 15) is 13.5 Å². The third-order valence-electron chi connectivity index (χ3n) is 9.94. The number of methoxy groups -OCH3 is 1. The van der Waals surface area contributed by atoms with Gasteiger partial charge in [0.1, 0.15) is 0 Å². The maximum atomic E-state index is 13.6. The normalized spacial score (nSPS) is 34.1. The lowest BCUT2D eigenvalue weighted by molar-refractivity contribution is -0.0751. The third-order valence-corrected chi connectivity index (χ3v) is 11.8. The van der Waals surface area contributed by atoms with Gasteiger partial charge in [-0.15, -0.1) is 0 Å². The summed E-state index contributed by atoms with van der Waals surface area (Å²) in [5.74, 6) is 0.376. The van der Waals surface area contributed by atoms with Crippen LogP contribution in [0.5, 0.6) is 0 Å². The lowest BCUT2D eigenvalue weighted by atomic mass is 9.83. The molecule has 3 saturated heterocycles. The molecule has 8 heteroatoms. The molecule has 0 spiro atoms. The number of hydrogen-bond acceptors (Lipinski definition) is 7. The highest BCUT2D eigenvalue weighted by Gasteiger charge is 2.48. The highest BCUT2D eigenvalue weighted by atomic mass is 32.2. The van der Waals surface area contributed by atoms with Crippen molar-refractivity contribution < 1.29 is 32.5 Å². The molecule has 4 rings (SSSR count). The van der Waals surface area contributed by atoms with E-state index < -0.39 is 9.84 Å². The van der Waals surface area contributed by atoms with Crippen molar-refractivity contribution in [2.24, 2.45) is 17.8 Å². The Morgan fingerprint density at radius 1 is 1.02 bits per heavy atom. The summed E-state index contributed by atoms with van der Waals surface area (Å²) >= 11 is 0. The van der Waals surface area contributed by atoms with Crippen LogP contribution in [0.2, 0.25) is 0 Å². The first kappa shape index (κ1) is 34.3. The first-order chi connectivity index (χ1) is 20.6. The Labute approximate surface area is 259 Å². The number of aliphatic hydroxyl groups is 1. The van der Waals surface area contributed by atoms with Crippen LogP contribution in [-0.4, -0.2) is 75.7 Å². The van der Waals surface area contributed by atoms with Crippen molar-refractivity contribution >= 4 is 9.84 Å². The zero-order valence-electron chi connectivity index (χ0n) is 26.7. The smallest absolute Gasteiger partial charge is 0.178 e. The zero-order valence-corrected chi connectivity index (χ0v) is 27.5. The Kier molecular flexibility index (Phi) is 12.5. The Morgan fingerprint density at radius 3 is 2.42 bits per heavy atom. The lowest BCUT2D eigenvalue weighted by Gasteiger charge is -2.38. The van der Waals surface area contributed by atoms with Gasteiger partial charge in [0.15, 0.2) is 9.84 Å². The van der Waals surface area contributed by atoms with Gasteiger partial charge in [0.2, 0.25) is 0 Å². The summed E-state index contributed by atoms with van der Waals surface area (Å²) < 4.78 is 52.8. The Balaban J connectivity index is 1.46. The monoisotopic (exact) mass is 618 g/mol. The predicted octanol–water partition coefficient (Wildman–Crippen LogP) is 6.30. The number of sulfone groups is 1. The molecule has 3 aliphatic rings. The molecule has 0 amide bonds. The summed E-state index contributed by atoms with van der Waals surface area (Å²) in [6.45, 7) is 15.4. The van der Waals surface area contributed by atoms with Crippen LogP contribution in [0.3, 0.4) is 0 Å². The summed E-state index contributed by atoms with van der Waals surface area (Å²) in [5.41, 5.74) is 2.18. The highest BCUT2D eigenvalue weighted by Crippen LogP contribution is 2.41. The van der Waals surface area contributed by atoms with E-state index >= 15 is 0 Å². The van der Waals surface area contributed by atoms with Crippen molar-refractivity contribution in [1.29, 1.82) is 0 Å². The van der Waals surface area contributed by atoms with Crippen molar-refractivity contribution in [1.82, 2.24) is 0 Å². The van der Waals surface area contributed by atoms with Gasteiger partial charge in [0, 0.05) is 26.1 Å². The van der Waals surface area contributed by atoms with Gasteiger partial charge in [-0.1, -0.05) is 58.5 Å². The van der Waals surface area contributed by atoms with Gasteiger partial charge in [-0.05, 0) is 80.1 Å². The van der Waals surface area contributed by atoms with E-state index in [0.29, 0.717) is 17.2 Å². The van der Waals surface area contributed by atoms with Crippen molar-refractivity contribution in [2.75, 3.05) is 19.5 Å². The molecule has 43 heavy (non-hydrogen) atoms. The van der Waals surface area contributed by atoms with Gasteiger partial charge in [0.25, 0.3) is 0 Å². The van der Waals surface area contributed by atoms with Gasteiger partial charge in [-0.25, -0.2) is 8.42 Å². The fourth-order valence-electron chi connectivity index (χ4n) is 7.12. The first-order valence-electron chi connectivity index (χ1n) is 16.3. The van der Waals surface area contributed by atoms with E-state index in [1.165, 1.54) is 0 Å². The van der Waals surface area contributed by atoms with Crippen LogP contribution in [0.4, 0.5) is 0 Å². The molecule has 1 N–H and O–H groups in total. The first-order valence-corrected chi connectivity index (χ1v) is 18.0. The minimum Gasteiger partial charge on any atom is -0.396 e. The minimum absolute atomic E-state index is 0.0284. The predicted molar refractivity (Wildman–Crippen MR) is 170 cm³/mol. The van der Waals surface area contributed by atoms with E-state index in [4.69, 9.17) is 18.9 Å². The molecule has 0 bridgehead atoms. The Hall–Kier alpha value is -1.55. The SMILES string of the molecule is C=C1C[C@H](CCCO)O[C@H]1CC[C@H]1C[C@@H](C)C(=C)[C@@H](C[C@@H]2OC(C[C@H](C)CC)[C@H](OC)[C@H]2CS(=O)(=O)c2ccccc2)O1. The summed E-state index contributed by atoms with van der Waals surface area (Å²) in [7, 11) is -1.88. The Morgan fingerprint density at radius 2 is 1.74 bits per heavy atom. The standard InChI is InChI=1S/C35H54O7S/c1-7-23(2)18-34-35(39-6)30(22-43(37,38)29-13-9-8-10-14-29)33(42-34)21-32-26(5)24(3)19-28(41-32)15-16-31-25(4)20-27(40-31)12-11-17-36/h8-10,13-14,23-24,27-28,30-36H,4-5,7,11-12,15-22H2,1-3,6H3/t23-,24-,27+,28+,30+,31+,32-,33+,34?,35-/m1/s1. The molecular formula is C35H54O7S. The number of rotatable bonds is 15. The zero-order chi connectivity index (χ0) is 31.1. The molecule has 3 fully saturated rings. The molecule has 3 heterocycles. The largest absolute Gasteiger partial charge is 0.396 e. The maximum absolute atomic E-state index is 13.6. The van der Waals surface area contributed by atoms with Gasteiger partial charge in [-0.2, -0.15) is 0 Å². The fraction of sp³-hybridized carbons (Fsp3) is 0.714. The summed E-state index contributed by atoms with van der Waals surface area (Å²) in [6, 6.07) is 8.67. The van der Waals surface area contributed by atoms with Crippen LogP contribution >= 0.6 is 0 Å². The van der Waals surface area contributed by atoms with Crippen LogP contribution < -0.4 is 0 Å². The number of aliphatic hydroxyl groups excluding tert-OH is 1. The van der Waals surface area contributed by atoms with Crippen molar-refractivity contribution in [3.05, 3.63) is 54.6 Å². The van der Waals surface area contributed by atoms with Crippen LogP contribution in [0, 0.1) is 17.8 Å². The summed E-state index contributed by atoms with van der Waals surface area (Å²) in [4.78, 5) is 0.329. The van der Waals surface area contributed by atoms with Gasteiger partial charge < -0.3 is 24.1 Å². The van der Waals surface area contributed by atoms with Gasteiger partial charge in [-0.3, -0.25) is 0 Å². The molecule has 1 aromatic rings. The molecule has 10 atom stereocenters.